The molecule has 8 nitrogen and oxygen atoms in total. The first-order valence-electron chi connectivity index (χ1n) is 9.41. The van der Waals surface area contributed by atoms with E-state index in [0.717, 1.165) is 16.7 Å². The van der Waals surface area contributed by atoms with Crippen molar-refractivity contribution in [2.75, 3.05) is 37.6 Å². The minimum Gasteiger partial charge on any atom is -0.454 e. The summed E-state index contributed by atoms with van der Waals surface area (Å²) in [5.41, 5.74) is 1.31. The monoisotopic (exact) mass is 427 g/mol. The van der Waals surface area contributed by atoms with E-state index < -0.39 is 5.92 Å². The molecule has 1 fully saturated rings. The van der Waals surface area contributed by atoms with Gasteiger partial charge in [-0.1, -0.05) is 0 Å². The third-order valence-corrected chi connectivity index (χ3v) is 5.90. The van der Waals surface area contributed by atoms with Crippen molar-refractivity contribution in [3.63, 3.8) is 0 Å². The topological polar surface area (TPSA) is 88.2 Å². The fraction of sp³-hybridized carbons (Fsp3) is 0.286. The number of nitrogens with one attached hydrogen (secondary N) is 1. The number of carbonyl (C=O) groups is 3. The smallest absolute Gasteiger partial charge is 0.285 e. The quantitative estimate of drug-likeness (QED) is 0.754. The molecule has 1 unspecified atom stereocenters. The summed E-state index contributed by atoms with van der Waals surface area (Å²) in [4.78, 5) is 40.8. The van der Waals surface area contributed by atoms with Crippen molar-refractivity contribution < 1.29 is 23.9 Å². The molecule has 0 bridgehead atoms. The lowest BCUT2D eigenvalue weighted by atomic mass is 10.1. The van der Waals surface area contributed by atoms with E-state index in [-0.39, 0.29) is 30.3 Å². The zero-order valence-electron chi connectivity index (χ0n) is 16.6. The van der Waals surface area contributed by atoms with Crippen molar-refractivity contribution in [3.8, 4) is 11.5 Å². The molecule has 2 aliphatic heterocycles. The van der Waals surface area contributed by atoms with Gasteiger partial charge in [0, 0.05) is 49.4 Å². The van der Waals surface area contributed by atoms with E-state index in [9.17, 15) is 14.4 Å². The van der Waals surface area contributed by atoms with Gasteiger partial charge in [0.05, 0.1) is 5.92 Å². The number of rotatable bonds is 4. The second kappa shape index (κ2) is 8.27. The lowest BCUT2D eigenvalue weighted by Crippen LogP contribution is -2.28. The number of thioether (sulfide) groups is 1. The van der Waals surface area contributed by atoms with Crippen LogP contribution in [0.15, 0.2) is 47.4 Å². The van der Waals surface area contributed by atoms with E-state index >= 15 is 0 Å². The highest BCUT2D eigenvalue weighted by Crippen LogP contribution is 2.37. The van der Waals surface area contributed by atoms with Crippen LogP contribution in [0, 0.1) is 5.92 Å². The predicted molar refractivity (Wildman–Crippen MR) is 113 cm³/mol. The lowest BCUT2D eigenvalue weighted by molar-refractivity contribution is -0.122. The van der Waals surface area contributed by atoms with Gasteiger partial charge < -0.3 is 24.6 Å². The van der Waals surface area contributed by atoms with Gasteiger partial charge in [-0.3, -0.25) is 14.4 Å². The average Bonchev–Trinajstić information content (AvgIpc) is 3.35. The third kappa shape index (κ3) is 4.20. The number of benzene rings is 2. The number of amides is 3. The lowest BCUT2D eigenvalue weighted by Gasteiger charge is -2.17. The maximum Gasteiger partial charge on any atom is 0.285 e. The molecule has 2 aliphatic rings. The summed E-state index contributed by atoms with van der Waals surface area (Å²) in [7, 11) is 3.39. The Hall–Kier alpha value is -3.20. The molecular weight excluding hydrogens is 406 g/mol. The fourth-order valence-electron chi connectivity index (χ4n) is 3.23. The third-order valence-electron chi connectivity index (χ3n) is 4.86. The Balaban J connectivity index is 1.37. The molecule has 30 heavy (non-hydrogen) atoms. The first-order chi connectivity index (χ1) is 14.4. The largest absolute Gasteiger partial charge is 0.454 e. The second-order valence-corrected chi connectivity index (χ2v) is 8.24. The summed E-state index contributed by atoms with van der Waals surface area (Å²) in [6, 6.07) is 12.4. The molecule has 1 saturated heterocycles. The minimum atomic E-state index is -0.452. The van der Waals surface area contributed by atoms with Crippen molar-refractivity contribution in [3.05, 3.63) is 42.5 Å². The van der Waals surface area contributed by atoms with Crippen LogP contribution in [0.5, 0.6) is 11.5 Å². The predicted octanol–water partition coefficient (Wildman–Crippen LogP) is 3.18. The number of anilines is 2. The van der Waals surface area contributed by atoms with Gasteiger partial charge in [0.2, 0.25) is 18.6 Å². The molecule has 2 aromatic carbocycles. The molecule has 1 N–H and O–H groups in total. The zero-order valence-corrected chi connectivity index (χ0v) is 17.4. The van der Waals surface area contributed by atoms with Gasteiger partial charge in [-0.2, -0.15) is 0 Å². The molecule has 156 valence electrons. The summed E-state index contributed by atoms with van der Waals surface area (Å²) in [6.45, 7) is 0.466. The average molecular weight is 427 g/mol. The van der Waals surface area contributed by atoms with E-state index in [2.05, 4.69) is 5.32 Å². The summed E-state index contributed by atoms with van der Waals surface area (Å²) in [6.07, 6.45) is 0.144. The number of hydrogen-bond acceptors (Lipinski definition) is 6. The fourth-order valence-corrected chi connectivity index (χ4v) is 3.88. The number of ether oxygens (including phenoxy) is 2. The van der Waals surface area contributed by atoms with Gasteiger partial charge in [0.25, 0.3) is 5.24 Å². The Morgan fingerprint density at radius 1 is 1.10 bits per heavy atom. The molecule has 1 atom stereocenters. The van der Waals surface area contributed by atoms with Crippen LogP contribution in [-0.2, 0) is 9.59 Å². The Morgan fingerprint density at radius 3 is 2.57 bits per heavy atom. The van der Waals surface area contributed by atoms with Crippen LogP contribution < -0.4 is 19.7 Å². The zero-order chi connectivity index (χ0) is 21.3. The summed E-state index contributed by atoms with van der Waals surface area (Å²) < 4.78 is 10.7. The Labute approximate surface area is 178 Å². The molecule has 3 amide bonds. The summed E-state index contributed by atoms with van der Waals surface area (Å²) in [5.74, 6) is 0.471. The summed E-state index contributed by atoms with van der Waals surface area (Å²) in [5, 5.41) is 2.78. The standard InChI is InChI=1S/C21H21N3O5S/c1-23(2)21(27)30-16-6-3-14(4-7-16)22-20(26)13-9-19(25)24(11-13)15-5-8-17-18(10-15)29-12-28-17/h3-8,10,13H,9,11-12H2,1-2H3,(H,22,26). The number of fused-ring (bicyclic) bond motifs is 1. The van der Waals surface area contributed by atoms with Crippen LogP contribution in [0.1, 0.15) is 6.42 Å². The molecule has 0 radical (unpaired) electrons. The van der Waals surface area contributed by atoms with Gasteiger partial charge in [-0.15, -0.1) is 0 Å². The van der Waals surface area contributed by atoms with Crippen molar-refractivity contribution in [2.24, 2.45) is 5.92 Å². The van der Waals surface area contributed by atoms with Crippen LogP contribution in [0.4, 0.5) is 16.2 Å². The van der Waals surface area contributed by atoms with E-state index in [0.29, 0.717) is 29.4 Å². The van der Waals surface area contributed by atoms with Crippen molar-refractivity contribution in [2.45, 2.75) is 11.3 Å². The highest BCUT2D eigenvalue weighted by Gasteiger charge is 2.35. The number of nitrogens with zero attached hydrogens (tertiary/aromatic N) is 2. The molecule has 0 saturated carbocycles. The molecule has 0 aromatic heterocycles. The van der Waals surface area contributed by atoms with Crippen LogP contribution >= 0.6 is 11.8 Å². The van der Waals surface area contributed by atoms with Crippen LogP contribution in [0.25, 0.3) is 0 Å². The van der Waals surface area contributed by atoms with Crippen molar-refractivity contribution >= 4 is 40.2 Å². The normalized spacial score (nSPS) is 17.2. The molecule has 2 heterocycles. The van der Waals surface area contributed by atoms with Gasteiger partial charge in [0.1, 0.15) is 0 Å². The van der Waals surface area contributed by atoms with Crippen LogP contribution in [0.2, 0.25) is 0 Å². The molecule has 2 aromatic rings. The summed E-state index contributed by atoms with van der Waals surface area (Å²) >= 11 is 1.12. The van der Waals surface area contributed by atoms with Crippen molar-refractivity contribution in [1.29, 1.82) is 0 Å². The van der Waals surface area contributed by atoms with Gasteiger partial charge >= 0.3 is 0 Å². The van der Waals surface area contributed by atoms with E-state index in [1.165, 1.54) is 4.90 Å². The number of carbonyl (C=O) groups excluding carboxylic acids is 3. The Bertz CT molecular complexity index is 993. The molecular formula is C21H21N3O5S. The molecule has 9 heteroatoms. The highest BCUT2D eigenvalue weighted by molar-refractivity contribution is 8.13. The molecule has 0 spiro atoms. The van der Waals surface area contributed by atoms with E-state index in [1.807, 2.05) is 0 Å². The molecule has 0 aliphatic carbocycles. The van der Waals surface area contributed by atoms with Gasteiger partial charge in [-0.05, 0) is 48.2 Å². The first-order valence-corrected chi connectivity index (χ1v) is 10.2. The van der Waals surface area contributed by atoms with Gasteiger partial charge in [0.15, 0.2) is 11.5 Å². The minimum absolute atomic E-state index is 0.0696. The molecule has 4 rings (SSSR count). The van der Waals surface area contributed by atoms with E-state index in [4.69, 9.17) is 9.47 Å². The van der Waals surface area contributed by atoms with E-state index in [1.54, 1.807) is 61.5 Å². The number of hydrogen-bond donors (Lipinski definition) is 1. The van der Waals surface area contributed by atoms with Crippen LogP contribution in [-0.4, -0.2) is 49.4 Å². The Morgan fingerprint density at radius 2 is 1.83 bits per heavy atom. The maximum absolute atomic E-state index is 12.7. The second-order valence-electron chi connectivity index (χ2n) is 7.22. The first kappa shape index (κ1) is 20.1. The van der Waals surface area contributed by atoms with Gasteiger partial charge in [-0.25, -0.2) is 0 Å². The SMILES string of the molecule is CN(C)C(=O)Sc1ccc(NC(=O)C2CC(=O)N(c3ccc4c(c3)OCO4)C2)cc1. The van der Waals surface area contributed by atoms with Crippen molar-refractivity contribution in [1.82, 2.24) is 4.90 Å². The maximum atomic E-state index is 12.7. The highest BCUT2D eigenvalue weighted by atomic mass is 32.2. The Kier molecular flexibility index (Phi) is 5.54. The van der Waals surface area contributed by atoms with Crippen LogP contribution in [0.3, 0.4) is 0 Å².